The second-order valence-corrected chi connectivity index (χ2v) is 5.50. The number of hydrogen-bond donors (Lipinski definition) is 1. The summed E-state index contributed by atoms with van der Waals surface area (Å²) in [5.41, 5.74) is -0.715. The zero-order valence-corrected chi connectivity index (χ0v) is 8.72. The predicted molar refractivity (Wildman–Crippen MR) is 53.0 cm³/mol. The van der Waals surface area contributed by atoms with E-state index in [1.807, 2.05) is 0 Å². The Morgan fingerprint density at radius 3 is 2.23 bits per heavy atom. The minimum absolute atomic E-state index is 0.0700. The molecule has 72 valence electrons. The van der Waals surface area contributed by atoms with Gasteiger partial charge in [-0.1, -0.05) is 26.7 Å². The van der Waals surface area contributed by atoms with E-state index in [0.29, 0.717) is 5.92 Å². The summed E-state index contributed by atoms with van der Waals surface area (Å²) in [4.78, 5) is 0. The standard InChI is InChI=1S/C12H18O/c1-5-12(13)8-9-6-7-11(12,4)10(9,2)3/h1,9,13H,6-8H2,2-4H3/t9-,11+,12+/m1/s1. The fourth-order valence-corrected chi connectivity index (χ4v) is 3.49. The summed E-state index contributed by atoms with van der Waals surface area (Å²) >= 11 is 0. The second-order valence-electron chi connectivity index (χ2n) is 5.50. The van der Waals surface area contributed by atoms with Gasteiger partial charge in [0.1, 0.15) is 5.60 Å². The molecule has 0 aromatic rings. The summed E-state index contributed by atoms with van der Waals surface area (Å²) in [5, 5.41) is 10.3. The van der Waals surface area contributed by atoms with Crippen molar-refractivity contribution >= 4 is 0 Å². The summed E-state index contributed by atoms with van der Waals surface area (Å²) in [6, 6.07) is 0. The highest BCUT2D eigenvalue weighted by molar-refractivity contribution is 5.27. The first-order valence-electron chi connectivity index (χ1n) is 5.07. The molecule has 0 amide bonds. The number of aliphatic hydroxyl groups is 1. The zero-order chi connectivity index (χ0) is 9.91. The third kappa shape index (κ3) is 0.742. The molecule has 1 heteroatoms. The normalized spacial score (nSPS) is 52.1. The van der Waals surface area contributed by atoms with Gasteiger partial charge in [-0.05, 0) is 30.6 Å². The van der Waals surface area contributed by atoms with Crippen LogP contribution in [0.4, 0.5) is 0 Å². The van der Waals surface area contributed by atoms with Gasteiger partial charge >= 0.3 is 0 Å². The van der Waals surface area contributed by atoms with Gasteiger partial charge in [-0.15, -0.1) is 6.42 Å². The van der Waals surface area contributed by atoms with Gasteiger partial charge < -0.3 is 5.11 Å². The van der Waals surface area contributed by atoms with Gasteiger partial charge in [0.2, 0.25) is 0 Å². The topological polar surface area (TPSA) is 20.2 Å². The van der Waals surface area contributed by atoms with Crippen molar-refractivity contribution in [1.82, 2.24) is 0 Å². The van der Waals surface area contributed by atoms with Crippen LogP contribution in [0.15, 0.2) is 0 Å². The molecule has 0 unspecified atom stereocenters. The highest BCUT2D eigenvalue weighted by Crippen LogP contribution is 2.69. The number of fused-ring (bicyclic) bond motifs is 2. The minimum Gasteiger partial charge on any atom is -0.377 e. The lowest BCUT2D eigenvalue weighted by atomic mass is 9.65. The molecule has 2 rings (SSSR count). The molecule has 2 aliphatic rings. The van der Waals surface area contributed by atoms with Crippen LogP contribution < -0.4 is 0 Å². The maximum atomic E-state index is 10.3. The van der Waals surface area contributed by atoms with Crippen molar-refractivity contribution in [3.8, 4) is 12.3 Å². The third-order valence-corrected chi connectivity index (χ3v) is 5.13. The van der Waals surface area contributed by atoms with Crippen molar-refractivity contribution in [3.63, 3.8) is 0 Å². The minimum atomic E-state index is -0.848. The quantitative estimate of drug-likeness (QED) is 0.564. The van der Waals surface area contributed by atoms with Gasteiger partial charge in [0.05, 0.1) is 0 Å². The van der Waals surface area contributed by atoms with Crippen molar-refractivity contribution in [2.45, 2.75) is 45.6 Å². The summed E-state index contributed by atoms with van der Waals surface area (Å²) in [6.45, 7) is 6.65. The highest BCUT2D eigenvalue weighted by Gasteiger charge is 2.67. The first-order valence-corrected chi connectivity index (χ1v) is 5.07. The molecular formula is C12H18O. The molecule has 2 bridgehead atoms. The van der Waals surface area contributed by atoms with Gasteiger partial charge in [0.15, 0.2) is 0 Å². The van der Waals surface area contributed by atoms with Crippen molar-refractivity contribution in [2.24, 2.45) is 16.7 Å². The van der Waals surface area contributed by atoms with Crippen LogP contribution in [0.2, 0.25) is 0 Å². The molecule has 13 heavy (non-hydrogen) atoms. The molecule has 0 aromatic heterocycles. The number of terminal acetylenes is 1. The zero-order valence-electron chi connectivity index (χ0n) is 8.72. The molecule has 0 aromatic carbocycles. The molecule has 2 aliphatic carbocycles. The van der Waals surface area contributed by atoms with E-state index >= 15 is 0 Å². The van der Waals surface area contributed by atoms with Crippen LogP contribution in [0, 0.1) is 29.1 Å². The maximum Gasteiger partial charge on any atom is 0.131 e. The van der Waals surface area contributed by atoms with E-state index in [0.717, 1.165) is 12.8 Å². The molecule has 0 heterocycles. The van der Waals surface area contributed by atoms with Gasteiger partial charge in [0.25, 0.3) is 0 Å². The van der Waals surface area contributed by atoms with Gasteiger partial charge in [-0.25, -0.2) is 0 Å². The van der Waals surface area contributed by atoms with Crippen LogP contribution in [-0.2, 0) is 0 Å². The first-order chi connectivity index (χ1) is 5.87. The van der Waals surface area contributed by atoms with E-state index in [2.05, 4.69) is 26.7 Å². The van der Waals surface area contributed by atoms with E-state index < -0.39 is 5.60 Å². The van der Waals surface area contributed by atoms with E-state index in [1.165, 1.54) is 6.42 Å². The first kappa shape index (κ1) is 9.09. The van der Waals surface area contributed by atoms with Gasteiger partial charge in [-0.3, -0.25) is 0 Å². The SMILES string of the molecule is C#C[C@]1(O)C[C@H]2CC[C@@]1(C)C2(C)C. The summed E-state index contributed by atoms with van der Waals surface area (Å²) in [7, 11) is 0. The van der Waals surface area contributed by atoms with Gasteiger partial charge in [-0.2, -0.15) is 0 Å². The molecule has 0 radical (unpaired) electrons. The average Bonchev–Trinajstić information content (AvgIpc) is 2.36. The molecule has 2 saturated carbocycles. The van der Waals surface area contributed by atoms with Crippen LogP contribution in [0.25, 0.3) is 0 Å². The molecular weight excluding hydrogens is 160 g/mol. The molecule has 0 aliphatic heterocycles. The Bertz CT molecular complexity index is 286. The van der Waals surface area contributed by atoms with Crippen molar-refractivity contribution in [2.75, 3.05) is 0 Å². The smallest absolute Gasteiger partial charge is 0.131 e. The summed E-state index contributed by atoms with van der Waals surface area (Å²) < 4.78 is 0. The fourth-order valence-electron chi connectivity index (χ4n) is 3.49. The molecule has 0 spiro atoms. The van der Waals surface area contributed by atoms with Crippen LogP contribution >= 0.6 is 0 Å². The van der Waals surface area contributed by atoms with Crippen LogP contribution in [0.3, 0.4) is 0 Å². The fraction of sp³-hybridized carbons (Fsp3) is 0.833. The van der Waals surface area contributed by atoms with Crippen LogP contribution in [-0.4, -0.2) is 10.7 Å². The lowest BCUT2D eigenvalue weighted by Crippen LogP contribution is -2.45. The molecule has 1 N–H and O–H groups in total. The Morgan fingerprint density at radius 2 is 2.00 bits per heavy atom. The van der Waals surface area contributed by atoms with E-state index in [4.69, 9.17) is 6.42 Å². The molecule has 2 fully saturated rings. The van der Waals surface area contributed by atoms with E-state index in [-0.39, 0.29) is 10.8 Å². The third-order valence-electron chi connectivity index (χ3n) is 5.13. The lowest BCUT2D eigenvalue weighted by molar-refractivity contribution is -0.0431. The lowest BCUT2D eigenvalue weighted by Gasteiger charge is -2.42. The van der Waals surface area contributed by atoms with Crippen molar-refractivity contribution in [1.29, 1.82) is 0 Å². The molecule has 0 saturated heterocycles. The summed E-state index contributed by atoms with van der Waals surface area (Å²) in [5.74, 6) is 3.23. The second kappa shape index (κ2) is 2.12. The summed E-state index contributed by atoms with van der Waals surface area (Å²) in [6.07, 6.45) is 8.56. The predicted octanol–water partition coefficient (Wildman–Crippen LogP) is 2.20. The maximum absolute atomic E-state index is 10.3. The Morgan fingerprint density at radius 1 is 1.38 bits per heavy atom. The Hall–Kier alpha value is -0.480. The van der Waals surface area contributed by atoms with E-state index in [1.54, 1.807) is 0 Å². The van der Waals surface area contributed by atoms with Crippen LogP contribution in [0.5, 0.6) is 0 Å². The molecule has 1 nitrogen and oxygen atoms in total. The van der Waals surface area contributed by atoms with Gasteiger partial charge in [0, 0.05) is 5.41 Å². The Kier molecular flexibility index (Phi) is 1.48. The average molecular weight is 178 g/mol. The number of hydrogen-bond acceptors (Lipinski definition) is 1. The van der Waals surface area contributed by atoms with E-state index in [9.17, 15) is 5.11 Å². The molecule has 3 atom stereocenters. The largest absolute Gasteiger partial charge is 0.377 e. The Balaban J connectivity index is 2.51. The van der Waals surface area contributed by atoms with Crippen molar-refractivity contribution in [3.05, 3.63) is 0 Å². The Labute approximate surface area is 80.5 Å². The van der Waals surface area contributed by atoms with Crippen molar-refractivity contribution < 1.29 is 5.11 Å². The highest BCUT2D eigenvalue weighted by atomic mass is 16.3. The number of rotatable bonds is 0. The monoisotopic (exact) mass is 178 g/mol. The van der Waals surface area contributed by atoms with Crippen LogP contribution in [0.1, 0.15) is 40.0 Å².